The molecule has 0 aromatic carbocycles. The van der Waals surface area contributed by atoms with Gasteiger partial charge in [0, 0.05) is 19.3 Å². The van der Waals surface area contributed by atoms with Gasteiger partial charge in [0.05, 0.1) is 6.20 Å². The number of hydrogen-bond donors (Lipinski definition) is 1. The van der Waals surface area contributed by atoms with Crippen LogP contribution < -0.4 is 5.32 Å². The molecule has 1 aromatic heterocycles. The van der Waals surface area contributed by atoms with E-state index in [1.165, 1.54) is 37.7 Å². The Morgan fingerprint density at radius 1 is 1.22 bits per heavy atom. The second-order valence-corrected chi connectivity index (χ2v) is 5.29. The molecule has 0 spiro atoms. The SMILES string of the molecule is CCCC(CCC)C(CCc1cnn(C)c1)NC. The lowest BCUT2D eigenvalue weighted by Gasteiger charge is -2.26. The molecule has 0 bridgehead atoms. The Bertz CT molecular complexity index is 313. The van der Waals surface area contributed by atoms with Crippen LogP contribution in [0.2, 0.25) is 0 Å². The second kappa shape index (κ2) is 8.30. The van der Waals surface area contributed by atoms with E-state index in [2.05, 4.69) is 37.5 Å². The second-order valence-electron chi connectivity index (χ2n) is 5.29. The number of aromatic nitrogens is 2. The molecule has 1 N–H and O–H groups in total. The summed E-state index contributed by atoms with van der Waals surface area (Å²) in [6, 6.07) is 0.644. The standard InChI is InChI=1S/C15H29N3/c1-5-7-14(8-6-2)15(16-3)10-9-13-11-17-18(4)12-13/h11-12,14-16H,5-10H2,1-4H3. The van der Waals surface area contributed by atoms with Gasteiger partial charge in [-0.15, -0.1) is 0 Å². The zero-order valence-electron chi connectivity index (χ0n) is 12.4. The summed E-state index contributed by atoms with van der Waals surface area (Å²) in [7, 11) is 4.09. The van der Waals surface area contributed by atoms with Crippen molar-refractivity contribution in [3.05, 3.63) is 18.0 Å². The molecule has 1 heterocycles. The summed E-state index contributed by atoms with van der Waals surface area (Å²) in [4.78, 5) is 0. The van der Waals surface area contributed by atoms with Crippen LogP contribution in [0.1, 0.15) is 51.5 Å². The molecule has 0 saturated heterocycles. The number of hydrogen-bond acceptors (Lipinski definition) is 2. The average Bonchev–Trinajstić information content (AvgIpc) is 2.76. The fourth-order valence-corrected chi connectivity index (χ4v) is 2.83. The van der Waals surface area contributed by atoms with Crippen LogP contribution in [-0.2, 0) is 13.5 Å². The van der Waals surface area contributed by atoms with Gasteiger partial charge in [-0.2, -0.15) is 5.10 Å². The highest BCUT2D eigenvalue weighted by atomic mass is 15.2. The fourth-order valence-electron chi connectivity index (χ4n) is 2.83. The van der Waals surface area contributed by atoms with Crippen LogP contribution >= 0.6 is 0 Å². The van der Waals surface area contributed by atoms with Crippen LogP contribution in [0, 0.1) is 5.92 Å². The maximum absolute atomic E-state index is 4.23. The molecule has 0 aliphatic rings. The van der Waals surface area contributed by atoms with Gasteiger partial charge in [0.25, 0.3) is 0 Å². The molecular weight excluding hydrogens is 222 g/mol. The normalized spacial score (nSPS) is 13.2. The van der Waals surface area contributed by atoms with Gasteiger partial charge < -0.3 is 5.32 Å². The van der Waals surface area contributed by atoms with Crippen molar-refractivity contribution in [1.29, 1.82) is 0 Å². The van der Waals surface area contributed by atoms with Gasteiger partial charge in [-0.25, -0.2) is 0 Å². The lowest BCUT2D eigenvalue weighted by molar-refractivity contribution is 0.310. The maximum Gasteiger partial charge on any atom is 0.0521 e. The number of nitrogens with one attached hydrogen (secondary N) is 1. The molecule has 0 saturated carbocycles. The topological polar surface area (TPSA) is 29.9 Å². The van der Waals surface area contributed by atoms with Crippen molar-refractivity contribution in [1.82, 2.24) is 15.1 Å². The Kier molecular flexibility index (Phi) is 7.02. The third-order valence-corrected chi connectivity index (χ3v) is 3.76. The molecule has 1 rings (SSSR count). The van der Waals surface area contributed by atoms with E-state index in [9.17, 15) is 0 Å². The molecule has 1 aromatic rings. The van der Waals surface area contributed by atoms with Crippen LogP contribution in [0.15, 0.2) is 12.4 Å². The minimum absolute atomic E-state index is 0.644. The smallest absolute Gasteiger partial charge is 0.0521 e. The summed E-state index contributed by atoms with van der Waals surface area (Å²) in [5.41, 5.74) is 1.35. The van der Waals surface area contributed by atoms with E-state index in [1.54, 1.807) is 0 Å². The number of aryl methyl sites for hydroxylation is 2. The Labute approximate surface area is 112 Å². The Hall–Kier alpha value is -0.830. The highest BCUT2D eigenvalue weighted by molar-refractivity contribution is 5.04. The summed E-state index contributed by atoms with van der Waals surface area (Å²) >= 11 is 0. The van der Waals surface area contributed by atoms with Crippen molar-refractivity contribution in [3.63, 3.8) is 0 Å². The summed E-state index contributed by atoms with van der Waals surface area (Å²) in [6.45, 7) is 4.58. The number of nitrogens with zero attached hydrogens (tertiary/aromatic N) is 2. The van der Waals surface area contributed by atoms with Crippen molar-refractivity contribution in [2.45, 2.75) is 58.4 Å². The zero-order valence-corrected chi connectivity index (χ0v) is 12.4. The monoisotopic (exact) mass is 251 g/mol. The summed E-state index contributed by atoms with van der Waals surface area (Å²) in [5, 5.41) is 7.76. The van der Waals surface area contributed by atoms with Crippen LogP contribution in [0.4, 0.5) is 0 Å². The molecule has 0 radical (unpaired) electrons. The highest BCUT2D eigenvalue weighted by Crippen LogP contribution is 2.21. The first-order valence-corrected chi connectivity index (χ1v) is 7.36. The molecule has 104 valence electrons. The maximum atomic E-state index is 4.23. The van der Waals surface area contributed by atoms with Crippen molar-refractivity contribution < 1.29 is 0 Å². The Morgan fingerprint density at radius 2 is 1.89 bits per heavy atom. The lowest BCUT2D eigenvalue weighted by atomic mass is 9.87. The molecule has 0 fully saturated rings. The molecule has 0 amide bonds. The van der Waals surface area contributed by atoms with Crippen LogP contribution in [0.5, 0.6) is 0 Å². The van der Waals surface area contributed by atoms with Crippen molar-refractivity contribution in [2.24, 2.45) is 13.0 Å². The molecule has 1 atom stereocenters. The van der Waals surface area contributed by atoms with E-state index in [1.807, 2.05) is 17.9 Å². The first kappa shape index (κ1) is 15.2. The first-order chi connectivity index (χ1) is 8.71. The average molecular weight is 251 g/mol. The van der Waals surface area contributed by atoms with Crippen molar-refractivity contribution in [3.8, 4) is 0 Å². The largest absolute Gasteiger partial charge is 0.317 e. The Balaban J connectivity index is 2.48. The third-order valence-electron chi connectivity index (χ3n) is 3.76. The zero-order chi connectivity index (χ0) is 13.4. The van der Waals surface area contributed by atoms with Gasteiger partial charge in [0.1, 0.15) is 0 Å². The lowest BCUT2D eigenvalue weighted by Crippen LogP contribution is -2.34. The van der Waals surface area contributed by atoms with E-state index < -0.39 is 0 Å². The first-order valence-electron chi connectivity index (χ1n) is 7.36. The summed E-state index contributed by atoms with van der Waals surface area (Å²) in [6.07, 6.45) is 11.7. The molecule has 3 nitrogen and oxygen atoms in total. The van der Waals surface area contributed by atoms with Gasteiger partial charge in [0.2, 0.25) is 0 Å². The Morgan fingerprint density at radius 3 is 2.33 bits per heavy atom. The van der Waals surface area contributed by atoms with E-state index >= 15 is 0 Å². The van der Waals surface area contributed by atoms with E-state index in [4.69, 9.17) is 0 Å². The summed E-state index contributed by atoms with van der Waals surface area (Å²) in [5.74, 6) is 0.821. The van der Waals surface area contributed by atoms with E-state index in [0.29, 0.717) is 6.04 Å². The van der Waals surface area contributed by atoms with E-state index in [0.717, 1.165) is 12.3 Å². The van der Waals surface area contributed by atoms with Gasteiger partial charge >= 0.3 is 0 Å². The molecule has 3 heteroatoms. The quantitative estimate of drug-likeness (QED) is 0.730. The van der Waals surface area contributed by atoms with Crippen molar-refractivity contribution >= 4 is 0 Å². The third kappa shape index (κ3) is 4.81. The number of rotatable bonds is 9. The predicted molar refractivity (Wildman–Crippen MR) is 77.7 cm³/mol. The van der Waals surface area contributed by atoms with Crippen molar-refractivity contribution in [2.75, 3.05) is 7.05 Å². The molecule has 0 aliphatic heterocycles. The van der Waals surface area contributed by atoms with Gasteiger partial charge in [-0.05, 0) is 44.2 Å². The predicted octanol–water partition coefficient (Wildman–Crippen LogP) is 3.16. The van der Waals surface area contributed by atoms with Crippen LogP contribution in [-0.4, -0.2) is 22.9 Å². The van der Waals surface area contributed by atoms with E-state index in [-0.39, 0.29) is 0 Å². The highest BCUT2D eigenvalue weighted by Gasteiger charge is 2.18. The fraction of sp³-hybridized carbons (Fsp3) is 0.800. The minimum atomic E-state index is 0.644. The molecule has 18 heavy (non-hydrogen) atoms. The summed E-state index contributed by atoms with van der Waals surface area (Å²) < 4.78 is 1.89. The molecular formula is C15H29N3. The van der Waals surface area contributed by atoms with Gasteiger partial charge in [-0.1, -0.05) is 26.7 Å². The van der Waals surface area contributed by atoms with Gasteiger partial charge in [-0.3, -0.25) is 4.68 Å². The van der Waals surface area contributed by atoms with Crippen LogP contribution in [0.25, 0.3) is 0 Å². The van der Waals surface area contributed by atoms with Crippen LogP contribution in [0.3, 0.4) is 0 Å². The van der Waals surface area contributed by atoms with Gasteiger partial charge in [0.15, 0.2) is 0 Å². The minimum Gasteiger partial charge on any atom is -0.317 e. The molecule has 0 aliphatic carbocycles. The molecule has 1 unspecified atom stereocenters.